The monoisotopic (exact) mass is 649 g/mol. The van der Waals surface area contributed by atoms with Gasteiger partial charge in [-0.3, -0.25) is 9.88 Å². The summed E-state index contributed by atoms with van der Waals surface area (Å²) in [7, 11) is 0. The number of rotatable bonds is 7. The van der Waals surface area contributed by atoms with Crippen LogP contribution in [0.4, 0.5) is 4.79 Å². The number of aryl methyl sites for hydroxylation is 1. The van der Waals surface area contributed by atoms with Crippen LogP contribution in [-0.4, -0.2) is 74.5 Å². The molecular weight excluding hydrogens is 610 g/mol. The molecule has 3 aliphatic rings. The molecule has 3 saturated heterocycles. The molecule has 11 heteroatoms. The molecule has 0 aliphatic carbocycles. The second-order valence-electron chi connectivity index (χ2n) is 12.9. The molecule has 1 N–H and O–H groups in total. The summed E-state index contributed by atoms with van der Waals surface area (Å²) in [6.45, 7) is 4.31. The van der Waals surface area contributed by atoms with Gasteiger partial charge in [0.2, 0.25) is 5.88 Å². The summed E-state index contributed by atoms with van der Waals surface area (Å²) < 4.78 is 25.8. The topological polar surface area (TPSA) is 121 Å². The zero-order chi connectivity index (χ0) is 32.6. The average Bonchev–Trinajstić information content (AvgIpc) is 3.55. The number of carbonyl (C=O) groups excluding carboxylic acids is 1. The van der Waals surface area contributed by atoms with Crippen LogP contribution in [0.1, 0.15) is 61.2 Å². The number of nitrogens with zero attached hydrogens (tertiary/aromatic N) is 5. The summed E-state index contributed by atoms with van der Waals surface area (Å²) in [6, 6.07) is 17.8. The number of aromatic nitrogens is 4. The number of hydrogen-bond donors (Lipinski definition) is 1. The van der Waals surface area contributed by atoms with Crippen LogP contribution in [0, 0.1) is 6.92 Å². The van der Waals surface area contributed by atoms with Crippen molar-refractivity contribution in [3.8, 4) is 17.0 Å². The highest BCUT2D eigenvalue weighted by atomic mass is 16.6. The average molecular weight is 650 g/mol. The normalized spacial score (nSPS) is 21.7. The van der Waals surface area contributed by atoms with Gasteiger partial charge in [0, 0.05) is 54.0 Å². The van der Waals surface area contributed by atoms with Crippen molar-refractivity contribution in [2.45, 2.75) is 70.1 Å². The van der Waals surface area contributed by atoms with Gasteiger partial charge >= 0.3 is 6.09 Å². The fraction of sp³-hybridized carbons (Fsp3) is 0.405. The first kappa shape index (κ1) is 30.7. The van der Waals surface area contributed by atoms with Crippen LogP contribution in [0.3, 0.4) is 0 Å². The Morgan fingerprint density at radius 2 is 1.88 bits per heavy atom. The maximum Gasteiger partial charge on any atom is 0.412 e. The van der Waals surface area contributed by atoms with Crippen molar-refractivity contribution in [2.75, 3.05) is 26.4 Å². The van der Waals surface area contributed by atoms with Gasteiger partial charge in [0.1, 0.15) is 6.61 Å². The van der Waals surface area contributed by atoms with E-state index < -0.39 is 18.4 Å². The lowest BCUT2D eigenvalue weighted by Crippen LogP contribution is -2.64. The second-order valence-corrected chi connectivity index (χ2v) is 12.9. The second kappa shape index (κ2) is 13.1. The lowest BCUT2D eigenvalue weighted by molar-refractivity contribution is -0.145. The van der Waals surface area contributed by atoms with E-state index in [9.17, 15) is 9.90 Å². The van der Waals surface area contributed by atoms with Crippen molar-refractivity contribution in [3.05, 3.63) is 83.9 Å². The van der Waals surface area contributed by atoms with Crippen molar-refractivity contribution < 1.29 is 28.8 Å². The predicted molar refractivity (Wildman–Crippen MR) is 178 cm³/mol. The molecule has 3 atom stereocenters. The summed E-state index contributed by atoms with van der Waals surface area (Å²) in [5.41, 5.74) is 5.72. The van der Waals surface area contributed by atoms with Crippen LogP contribution >= 0.6 is 0 Å². The third-order valence-corrected chi connectivity index (χ3v) is 9.67. The third-order valence-electron chi connectivity index (χ3n) is 9.67. The molecule has 3 aliphatic heterocycles. The smallest absolute Gasteiger partial charge is 0.412 e. The summed E-state index contributed by atoms with van der Waals surface area (Å²) in [6.07, 6.45) is 5.85. The predicted octanol–water partition coefficient (Wildman–Crippen LogP) is 6.27. The Balaban J connectivity index is 1.19. The minimum atomic E-state index is -1.18. The largest absolute Gasteiger partial charge is 0.467 e. The van der Waals surface area contributed by atoms with Gasteiger partial charge in [0.15, 0.2) is 18.6 Å². The lowest BCUT2D eigenvalue weighted by atomic mass is 9.87. The van der Waals surface area contributed by atoms with Gasteiger partial charge in [0.25, 0.3) is 0 Å². The van der Waals surface area contributed by atoms with Crippen LogP contribution in [0.2, 0.25) is 0 Å². The number of likely N-dealkylation sites (tertiary alicyclic amines) is 1. The molecular formula is C37H39N5O6. The van der Waals surface area contributed by atoms with Crippen molar-refractivity contribution in [1.82, 2.24) is 24.6 Å². The zero-order valence-corrected chi connectivity index (χ0v) is 27.0. The Labute approximate surface area is 278 Å². The highest BCUT2D eigenvalue weighted by molar-refractivity contribution is 6.07. The van der Waals surface area contributed by atoms with Gasteiger partial charge in [-0.25, -0.2) is 14.5 Å². The van der Waals surface area contributed by atoms with E-state index in [1.54, 1.807) is 0 Å². The summed E-state index contributed by atoms with van der Waals surface area (Å²) in [4.78, 5) is 23.8. The molecule has 48 heavy (non-hydrogen) atoms. The van der Waals surface area contributed by atoms with E-state index in [1.807, 2.05) is 60.4 Å². The Hall–Kier alpha value is -4.58. The molecule has 248 valence electrons. The van der Waals surface area contributed by atoms with Gasteiger partial charge in [-0.2, -0.15) is 5.10 Å². The van der Waals surface area contributed by atoms with Crippen LogP contribution in [0.5, 0.6) is 5.88 Å². The van der Waals surface area contributed by atoms with Gasteiger partial charge in [-0.15, -0.1) is 0 Å². The van der Waals surface area contributed by atoms with E-state index in [4.69, 9.17) is 29.0 Å². The van der Waals surface area contributed by atoms with Crippen LogP contribution in [0.25, 0.3) is 32.8 Å². The lowest BCUT2D eigenvalue weighted by Gasteiger charge is -2.43. The van der Waals surface area contributed by atoms with Gasteiger partial charge in [-0.05, 0) is 79.8 Å². The summed E-state index contributed by atoms with van der Waals surface area (Å²) >= 11 is 0. The number of benzene rings is 2. The summed E-state index contributed by atoms with van der Waals surface area (Å²) in [5, 5.41) is 18.7. The standard InChI is InChI=1S/C37H39N5O6/c1-23-17-26(10-13-38-23)33-28-18-27-20-39-42(32-9-5-6-14-46-32)30(27)19-29(28)35(40-34(33)25-11-15-45-16-12-25)48-31-21-41(36(31)43)37(44)47-22-24-7-3-2-4-8-24/h2-4,7-8,10,13,17-20,25,31-32,36,43H,5-6,9,11-12,14-16,21-22H2,1H3. The number of amides is 1. The number of ether oxygens (including phenoxy) is 4. The molecule has 3 unspecified atom stereocenters. The maximum absolute atomic E-state index is 12.8. The maximum atomic E-state index is 12.8. The SMILES string of the molecule is Cc1cc(-c2c(C3CCOCC3)nc(OC3CN(C(=O)OCc4ccccc4)C3O)c3cc4c(cnn4C4CCCCO4)cc23)ccn1. The fourth-order valence-electron chi connectivity index (χ4n) is 7.03. The first-order valence-electron chi connectivity index (χ1n) is 16.8. The van der Waals surface area contributed by atoms with E-state index in [-0.39, 0.29) is 25.3 Å². The van der Waals surface area contributed by atoms with Gasteiger partial charge in [0.05, 0.1) is 24.0 Å². The molecule has 3 fully saturated rings. The highest BCUT2D eigenvalue weighted by Gasteiger charge is 2.44. The molecule has 0 spiro atoms. The first-order valence-corrected chi connectivity index (χ1v) is 16.8. The van der Waals surface area contributed by atoms with Gasteiger partial charge in [-0.1, -0.05) is 30.3 Å². The fourth-order valence-corrected chi connectivity index (χ4v) is 7.03. The number of carbonyl (C=O) groups is 1. The third kappa shape index (κ3) is 5.86. The van der Waals surface area contributed by atoms with E-state index in [1.165, 1.54) is 4.90 Å². The molecule has 8 rings (SSSR count). The number of aliphatic hydroxyl groups is 1. The Morgan fingerprint density at radius 1 is 1.02 bits per heavy atom. The van der Waals surface area contributed by atoms with E-state index in [0.717, 1.165) is 81.9 Å². The van der Waals surface area contributed by atoms with E-state index in [0.29, 0.717) is 25.7 Å². The van der Waals surface area contributed by atoms with Crippen LogP contribution in [0.15, 0.2) is 67.0 Å². The number of pyridine rings is 2. The number of fused-ring (bicyclic) bond motifs is 2. The quantitative estimate of drug-likeness (QED) is 0.218. The minimum absolute atomic E-state index is 0.124. The zero-order valence-electron chi connectivity index (χ0n) is 27.0. The molecule has 0 saturated carbocycles. The molecule has 6 heterocycles. The van der Waals surface area contributed by atoms with Gasteiger partial charge < -0.3 is 24.1 Å². The molecule has 3 aromatic heterocycles. The van der Waals surface area contributed by atoms with Crippen LogP contribution in [-0.2, 0) is 20.8 Å². The van der Waals surface area contributed by atoms with Crippen molar-refractivity contribution in [2.24, 2.45) is 0 Å². The van der Waals surface area contributed by atoms with Crippen molar-refractivity contribution >= 4 is 27.8 Å². The van der Waals surface area contributed by atoms with Crippen molar-refractivity contribution in [3.63, 3.8) is 0 Å². The molecule has 0 bridgehead atoms. The van der Waals surface area contributed by atoms with E-state index >= 15 is 0 Å². The molecule has 1 amide bonds. The van der Waals surface area contributed by atoms with Crippen LogP contribution < -0.4 is 4.74 Å². The molecule has 0 radical (unpaired) electrons. The summed E-state index contributed by atoms with van der Waals surface area (Å²) in [5.74, 6) is 0.570. The number of hydrogen-bond acceptors (Lipinski definition) is 9. The van der Waals surface area contributed by atoms with Crippen molar-refractivity contribution in [1.29, 1.82) is 0 Å². The molecule has 2 aromatic carbocycles. The Kier molecular flexibility index (Phi) is 8.41. The Morgan fingerprint density at radius 3 is 2.65 bits per heavy atom. The Bertz CT molecular complexity index is 1940. The molecule has 5 aromatic rings. The number of aliphatic hydroxyl groups excluding tert-OH is 1. The minimum Gasteiger partial charge on any atom is -0.467 e. The highest BCUT2D eigenvalue weighted by Crippen LogP contribution is 2.44. The molecule has 11 nitrogen and oxygen atoms in total. The first-order chi connectivity index (χ1) is 23.5. The van der Waals surface area contributed by atoms with E-state index in [2.05, 4.69) is 23.2 Å².